The lowest BCUT2D eigenvalue weighted by Crippen LogP contribution is -2.35. The molecule has 0 unspecified atom stereocenters. The maximum absolute atomic E-state index is 5.12. The number of thiazole rings is 1. The van der Waals surface area contributed by atoms with Crippen LogP contribution in [-0.2, 0) is 11.3 Å². The first kappa shape index (κ1) is 13.3. The number of ether oxygens (including phenoxy) is 1. The lowest BCUT2D eigenvalue weighted by molar-refractivity contribution is 0.195. The summed E-state index contributed by atoms with van der Waals surface area (Å²) < 4.78 is 4.94. The summed E-state index contributed by atoms with van der Waals surface area (Å²) >= 11 is 6.77. The summed E-state index contributed by atoms with van der Waals surface area (Å²) in [5, 5.41) is 9.99. The average Bonchev–Trinajstić information content (AvgIpc) is 2.68. The molecule has 1 rings (SSSR count). The molecule has 0 bridgehead atoms. The van der Waals surface area contributed by atoms with E-state index in [4.69, 9.17) is 17.0 Å². The highest BCUT2D eigenvalue weighted by Crippen LogP contribution is 2.07. The summed E-state index contributed by atoms with van der Waals surface area (Å²) in [6.07, 6.45) is 0.953. The summed E-state index contributed by atoms with van der Waals surface area (Å²) in [6.45, 7) is 4.26. The molecule has 16 heavy (non-hydrogen) atoms. The highest BCUT2D eigenvalue weighted by atomic mass is 32.1. The molecule has 0 atom stereocenters. The molecule has 0 aliphatic rings. The minimum Gasteiger partial charge on any atom is -0.385 e. The Balaban J connectivity index is 2.10. The second-order valence-electron chi connectivity index (χ2n) is 3.34. The predicted molar refractivity (Wildman–Crippen MR) is 70.8 cm³/mol. The van der Waals surface area contributed by atoms with Gasteiger partial charge in [0.2, 0.25) is 0 Å². The fourth-order valence-corrected chi connectivity index (χ4v) is 2.01. The highest BCUT2D eigenvalue weighted by molar-refractivity contribution is 7.80. The molecule has 2 N–H and O–H groups in total. The standard InChI is InChI=1S/C10H17N3OS2/c1-8-7-16-9(13-8)6-12-10(15)11-4-3-5-14-2/h7H,3-6H2,1-2H3,(H2,11,12,15). The molecule has 0 aliphatic heterocycles. The monoisotopic (exact) mass is 259 g/mol. The van der Waals surface area contributed by atoms with Gasteiger partial charge in [-0.15, -0.1) is 11.3 Å². The Bertz CT molecular complexity index is 328. The van der Waals surface area contributed by atoms with Crippen molar-refractivity contribution in [3.63, 3.8) is 0 Å². The number of aromatic nitrogens is 1. The molecule has 0 fully saturated rings. The zero-order valence-electron chi connectivity index (χ0n) is 9.58. The van der Waals surface area contributed by atoms with E-state index in [-0.39, 0.29) is 0 Å². The van der Waals surface area contributed by atoms with Crippen molar-refractivity contribution in [2.24, 2.45) is 0 Å². The van der Waals surface area contributed by atoms with Crippen LogP contribution >= 0.6 is 23.6 Å². The first-order chi connectivity index (χ1) is 7.72. The predicted octanol–water partition coefficient (Wildman–Crippen LogP) is 1.45. The number of hydrogen-bond acceptors (Lipinski definition) is 4. The molecule has 0 radical (unpaired) electrons. The first-order valence-corrected chi connectivity index (χ1v) is 6.43. The van der Waals surface area contributed by atoms with Gasteiger partial charge in [0, 0.05) is 31.3 Å². The fraction of sp³-hybridized carbons (Fsp3) is 0.600. The van der Waals surface area contributed by atoms with E-state index in [1.54, 1.807) is 18.4 Å². The normalized spacial score (nSPS) is 10.1. The Labute approximate surface area is 105 Å². The molecule has 6 heteroatoms. The fourth-order valence-electron chi connectivity index (χ4n) is 1.12. The molecule has 1 aromatic heterocycles. The summed E-state index contributed by atoms with van der Waals surface area (Å²) in [5.41, 5.74) is 1.06. The number of methoxy groups -OCH3 is 1. The van der Waals surface area contributed by atoms with Crippen LogP contribution in [0.2, 0.25) is 0 Å². The van der Waals surface area contributed by atoms with Crippen LogP contribution in [0.15, 0.2) is 5.38 Å². The molecule has 4 nitrogen and oxygen atoms in total. The van der Waals surface area contributed by atoms with E-state index in [0.717, 1.165) is 30.3 Å². The Morgan fingerprint density at radius 2 is 2.38 bits per heavy atom. The molecule has 1 heterocycles. The van der Waals surface area contributed by atoms with Crippen molar-refractivity contribution < 1.29 is 4.74 Å². The molecule has 0 amide bonds. The van der Waals surface area contributed by atoms with E-state index < -0.39 is 0 Å². The van der Waals surface area contributed by atoms with Crippen LogP contribution in [0.25, 0.3) is 0 Å². The van der Waals surface area contributed by atoms with Crippen molar-refractivity contribution in [3.8, 4) is 0 Å². The third-order valence-electron chi connectivity index (χ3n) is 1.88. The lowest BCUT2D eigenvalue weighted by Gasteiger charge is -2.08. The van der Waals surface area contributed by atoms with E-state index in [1.165, 1.54) is 0 Å². The zero-order valence-corrected chi connectivity index (χ0v) is 11.2. The number of thiocarbonyl (C=S) groups is 1. The Hall–Kier alpha value is -0.720. The summed E-state index contributed by atoms with van der Waals surface area (Å²) in [6, 6.07) is 0. The lowest BCUT2D eigenvalue weighted by atomic mass is 10.4. The molecule has 0 aromatic carbocycles. The molecular formula is C10H17N3OS2. The van der Waals surface area contributed by atoms with Gasteiger partial charge in [-0.3, -0.25) is 0 Å². The number of hydrogen-bond donors (Lipinski definition) is 2. The highest BCUT2D eigenvalue weighted by Gasteiger charge is 1.99. The minimum absolute atomic E-state index is 0.670. The third-order valence-corrected chi connectivity index (χ3v) is 3.13. The van der Waals surface area contributed by atoms with E-state index in [2.05, 4.69) is 15.6 Å². The first-order valence-electron chi connectivity index (χ1n) is 5.14. The molecule has 0 aliphatic carbocycles. The van der Waals surface area contributed by atoms with E-state index in [9.17, 15) is 0 Å². The second kappa shape index (κ2) is 7.54. The maximum Gasteiger partial charge on any atom is 0.166 e. The smallest absolute Gasteiger partial charge is 0.166 e. The van der Waals surface area contributed by atoms with Gasteiger partial charge in [0.25, 0.3) is 0 Å². The van der Waals surface area contributed by atoms with Crippen LogP contribution in [0.3, 0.4) is 0 Å². The van der Waals surface area contributed by atoms with Crippen molar-refractivity contribution in [3.05, 3.63) is 16.1 Å². The quantitative estimate of drug-likeness (QED) is 0.598. The Morgan fingerprint density at radius 1 is 1.56 bits per heavy atom. The van der Waals surface area contributed by atoms with Gasteiger partial charge in [0.05, 0.1) is 6.54 Å². The molecular weight excluding hydrogens is 242 g/mol. The molecule has 0 saturated carbocycles. The number of nitrogens with zero attached hydrogens (tertiary/aromatic N) is 1. The summed E-state index contributed by atoms with van der Waals surface area (Å²) in [7, 11) is 1.70. The number of rotatable bonds is 6. The van der Waals surface area contributed by atoms with E-state index in [0.29, 0.717) is 11.7 Å². The van der Waals surface area contributed by atoms with Crippen LogP contribution in [0.1, 0.15) is 17.1 Å². The third kappa shape index (κ3) is 5.39. The molecule has 1 aromatic rings. The Morgan fingerprint density at radius 3 is 3.00 bits per heavy atom. The summed E-state index contributed by atoms with van der Waals surface area (Å²) in [5.74, 6) is 0. The van der Waals surface area contributed by atoms with Gasteiger partial charge in [0.1, 0.15) is 5.01 Å². The largest absolute Gasteiger partial charge is 0.385 e. The van der Waals surface area contributed by atoms with Gasteiger partial charge < -0.3 is 15.4 Å². The molecule has 0 saturated heterocycles. The maximum atomic E-state index is 5.12. The van der Waals surface area contributed by atoms with Crippen molar-refractivity contribution in [1.82, 2.24) is 15.6 Å². The summed E-state index contributed by atoms with van der Waals surface area (Å²) in [4.78, 5) is 4.34. The van der Waals surface area contributed by atoms with Crippen LogP contribution < -0.4 is 10.6 Å². The van der Waals surface area contributed by atoms with Gasteiger partial charge in [-0.1, -0.05) is 0 Å². The SMILES string of the molecule is COCCCNC(=S)NCc1nc(C)cs1. The van der Waals surface area contributed by atoms with Crippen molar-refractivity contribution >= 4 is 28.7 Å². The van der Waals surface area contributed by atoms with Crippen LogP contribution in [-0.4, -0.2) is 30.4 Å². The Kier molecular flexibility index (Phi) is 6.29. The van der Waals surface area contributed by atoms with Crippen molar-refractivity contribution in [1.29, 1.82) is 0 Å². The van der Waals surface area contributed by atoms with Gasteiger partial charge in [-0.2, -0.15) is 0 Å². The average molecular weight is 259 g/mol. The van der Waals surface area contributed by atoms with Crippen molar-refractivity contribution in [2.45, 2.75) is 19.9 Å². The van der Waals surface area contributed by atoms with Gasteiger partial charge >= 0.3 is 0 Å². The topological polar surface area (TPSA) is 46.2 Å². The van der Waals surface area contributed by atoms with Gasteiger partial charge in [-0.25, -0.2) is 4.98 Å². The van der Waals surface area contributed by atoms with Gasteiger partial charge in [0.15, 0.2) is 5.11 Å². The molecule has 0 spiro atoms. The number of nitrogens with one attached hydrogen (secondary N) is 2. The van der Waals surface area contributed by atoms with E-state index >= 15 is 0 Å². The minimum atomic E-state index is 0.670. The van der Waals surface area contributed by atoms with Crippen molar-refractivity contribution in [2.75, 3.05) is 20.3 Å². The van der Waals surface area contributed by atoms with E-state index in [1.807, 2.05) is 12.3 Å². The number of aryl methyl sites for hydroxylation is 1. The zero-order chi connectivity index (χ0) is 11.8. The van der Waals surface area contributed by atoms with Crippen LogP contribution in [0, 0.1) is 6.92 Å². The second-order valence-corrected chi connectivity index (χ2v) is 4.69. The van der Waals surface area contributed by atoms with Gasteiger partial charge in [-0.05, 0) is 25.6 Å². The van der Waals surface area contributed by atoms with Crippen LogP contribution in [0.4, 0.5) is 0 Å². The molecule has 90 valence electrons. The van der Waals surface area contributed by atoms with Crippen LogP contribution in [0.5, 0.6) is 0 Å².